The van der Waals surface area contributed by atoms with Gasteiger partial charge in [-0.3, -0.25) is 24.3 Å². The number of rotatable bonds is 6. The molecule has 0 aliphatic rings. The number of aryl methyl sites for hydroxylation is 1. The lowest BCUT2D eigenvalue weighted by atomic mass is 10.1. The molecular weight excluding hydrogens is 440 g/mol. The van der Waals surface area contributed by atoms with Crippen LogP contribution in [0.25, 0.3) is 10.8 Å². The third kappa shape index (κ3) is 4.51. The lowest BCUT2D eigenvalue weighted by Gasteiger charge is -2.06. The van der Waals surface area contributed by atoms with E-state index in [1.54, 1.807) is 0 Å². The third-order valence-corrected chi connectivity index (χ3v) is 5.28. The van der Waals surface area contributed by atoms with Crippen LogP contribution in [0.15, 0.2) is 83.0 Å². The van der Waals surface area contributed by atoms with E-state index in [4.69, 9.17) is 0 Å². The van der Waals surface area contributed by atoms with Crippen molar-refractivity contribution >= 4 is 28.3 Å². The number of carbonyl (C=O) groups is 2. The van der Waals surface area contributed by atoms with Crippen LogP contribution in [0.3, 0.4) is 0 Å². The first-order chi connectivity index (χ1) is 16.3. The molecule has 4 rings (SSSR count). The van der Waals surface area contributed by atoms with Gasteiger partial charge in [0, 0.05) is 40.6 Å². The molecule has 0 aliphatic heterocycles. The molecule has 10 nitrogen and oxygen atoms in total. The Morgan fingerprint density at radius 3 is 2.06 bits per heavy atom. The van der Waals surface area contributed by atoms with Gasteiger partial charge in [-0.1, -0.05) is 30.3 Å². The number of aromatic nitrogens is 1. The van der Waals surface area contributed by atoms with Gasteiger partial charge in [-0.05, 0) is 42.3 Å². The van der Waals surface area contributed by atoms with E-state index in [1.165, 1.54) is 34.9 Å². The summed E-state index contributed by atoms with van der Waals surface area (Å²) in [6.45, 7) is 0.323. The third-order valence-electron chi connectivity index (χ3n) is 5.28. The number of nitro benzene ring substituents is 1. The summed E-state index contributed by atoms with van der Waals surface area (Å²) in [5.41, 5.74) is 0.948. The molecule has 1 aromatic heterocycles. The van der Waals surface area contributed by atoms with Crippen LogP contribution < -0.4 is 0 Å². The number of non-ortho nitro benzene ring substituents is 1. The Balaban J connectivity index is 1.52. The molecule has 0 saturated heterocycles. The first-order valence-electron chi connectivity index (χ1n) is 10.2. The van der Waals surface area contributed by atoms with E-state index in [0.29, 0.717) is 18.4 Å². The van der Waals surface area contributed by atoms with E-state index in [9.17, 15) is 29.9 Å². The van der Waals surface area contributed by atoms with E-state index < -0.39 is 16.7 Å². The van der Waals surface area contributed by atoms with Crippen LogP contribution in [0.1, 0.15) is 26.3 Å². The topological polar surface area (TPSA) is 147 Å². The maximum absolute atomic E-state index is 12.4. The molecule has 0 unspecified atom stereocenters. The molecule has 2 N–H and O–H groups in total. The van der Waals surface area contributed by atoms with E-state index in [-0.39, 0.29) is 34.0 Å². The minimum Gasteiger partial charge on any atom is -0.494 e. The van der Waals surface area contributed by atoms with Gasteiger partial charge < -0.3 is 10.2 Å². The average molecular weight is 458 g/mol. The SMILES string of the molecule is O=C(N=NC(=O)c1ccc2c(O)n(CCc3ccccc3)c(O)c2c1)c1ccc([N+](=O)[O-])cc1. The predicted octanol–water partition coefficient (Wildman–Crippen LogP) is 4.64. The Bertz CT molecular complexity index is 1430. The van der Waals surface area contributed by atoms with Gasteiger partial charge in [0.2, 0.25) is 11.8 Å². The molecule has 0 bridgehead atoms. The fourth-order valence-corrected chi connectivity index (χ4v) is 3.48. The fourth-order valence-electron chi connectivity index (χ4n) is 3.48. The van der Waals surface area contributed by atoms with Gasteiger partial charge in [0.25, 0.3) is 17.5 Å². The summed E-state index contributed by atoms with van der Waals surface area (Å²) in [7, 11) is 0. The van der Waals surface area contributed by atoms with E-state index in [2.05, 4.69) is 10.2 Å². The molecule has 4 aromatic rings. The number of azo groups is 1. The van der Waals surface area contributed by atoms with Crippen LogP contribution in [0.4, 0.5) is 5.69 Å². The Morgan fingerprint density at radius 2 is 1.41 bits per heavy atom. The molecule has 34 heavy (non-hydrogen) atoms. The van der Waals surface area contributed by atoms with Crippen molar-refractivity contribution in [2.24, 2.45) is 10.2 Å². The first kappa shape index (κ1) is 22.3. The van der Waals surface area contributed by atoms with Crippen LogP contribution >= 0.6 is 0 Å². The molecule has 10 heteroatoms. The number of hydrogen-bond donors (Lipinski definition) is 2. The number of carbonyl (C=O) groups excluding carboxylic acids is 2. The van der Waals surface area contributed by atoms with E-state index in [0.717, 1.165) is 17.7 Å². The number of nitro groups is 1. The van der Waals surface area contributed by atoms with Gasteiger partial charge in [-0.2, -0.15) is 0 Å². The van der Waals surface area contributed by atoms with E-state index in [1.807, 2.05) is 30.3 Å². The number of nitrogens with zero attached hydrogens (tertiary/aromatic N) is 4. The Morgan fingerprint density at radius 1 is 0.824 bits per heavy atom. The average Bonchev–Trinajstić information content (AvgIpc) is 3.10. The lowest BCUT2D eigenvalue weighted by molar-refractivity contribution is -0.384. The summed E-state index contributed by atoms with van der Waals surface area (Å²) in [6.07, 6.45) is 0.577. The number of amides is 2. The molecule has 0 spiro atoms. The molecule has 0 fully saturated rings. The molecule has 0 saturated carbocycles. The zero-order valence-corrected chi connectivity index (χ0v) is 17.7. The Kier molecular flexibility index (Phi) is 6.13. The molecule has 0 radical (unpaired) electrons. The van der Waals surface area contributed by atoms with Crippen molar-refractivity contribution in [3.63, 3.8) is 0 Å². The van der Waals surface area contributed by atoms with Crippen LogP contribution in [0.2, 0.25) is 0 Å². The van der Waals surface area contributed by atoms with Crippen molar-refractivity contribution in [3.8, 4) is 11.8 Å². The first-order valence-corrected chi connectivity index (χ1v) is 10.2. The smallest absolute Gasteiger partial charge is 0.295 e. The molecule has 170 valence electrons. The number of aromatic hydroxyl groups is 2. The highest BCUT2D eigenvalue weighted by Gasteiger charge is 2.18. The quantitative estimate of drug-likeness (QED) is 0.244. The monoisotopic (exact) mass is 458 g/mol. The maximum atomic E-state index is 12.4. The highest BCUT2D eigenvalue weighted by atomic mass is 16.6. The Labute approximate surface area is 192 Å². The predicted molar refractivity (Wildman–Crippen MR) is 122 cm³/mol. The van der Waals surface area contributed by atoms with Crippen LogP contribution in [-0.2, 0) is 13.0 Å². The van der Waals surface area contributed by atoms with Crippen molar-refractivity contribution in [2.75, 3.05) is 0 Å². The standard InChI is InChI=1S/C24H18N4O6/c29-21(16-6-9-18(10-7-16)28(33)34)25-26-22(30)17-8-11-19-20(14-17)24(32)27(23(19)31)13-12-15-4-2-1-3-5-15/h1-11,14,31-32H,12-13H2. The minimum atomic E-state index is -0.836. The highest BCUT2D eigenvalue weighted by molar-refractivity contribution is 6.03. The Hall–Kier alpha value is -4.86. The van der Waals surface area contributed by atoms with Crippen molar-refractivity contribution in [1.82, 2.24) is 4.57 Å². The van der Waals surface area contributed by atoms with Crippen molar-refractivity contribution in [1.29, 1.82) is 0 Å². The lowest BCUT2D eigenvalue weighted by Crippen LogP contribution is -2.00. The zero-order valence-electron chi connectivity index (χ0n) is 17.7. The second-order valence-corrected chi connectivity index (χ2v) is 7.41. The van der Waals surface area contributed by atoms with Crippen LogP contribution in [-0.4, -0.2) is 31.5 Å². The molecule has 1 heterocycles. The van der Waals surface area contributed by atoms with Crippen LogP contribution in [0.5, 0.6) is 11.8 Å². The van der Waals surface area contributed by atoms with Gasteiger partial charge in [-0.25, -0.2) is 0 Å². The molecular formula is C24H18N4O6. The summed E-state index contributed by atoms with van der Waals surface area (Å²) in [5.74, 6) is -1.99. The van der Waals surface area contributed by atoms with Crippen molar-refractivity contribution in [3.05, 3.63) is 99.6 Å². The maximum Gasteiger partial charge on any atom is 0.295 e. The number of fused-ring (bicyclic) bond motifs is 1. The van der Waals surface area contributed by atoms with Gasteiger partial charge in [-0.15, -0.1) is 10.2 Å². The summed E-state index contributed by atoms with van der Waals surface area (Å²) in [6, 6.07) is 18.6. The highest BCUT2D eigenvalue weighted by Crippen LogP contribution is 2.37. The van der Waals surface area contributed by atoms with E-state index >= 15 is 0 Å². The second-order valence-electron chi connectivity index (χ2n) is 7.41. The van der Waals surface area contributed by atoms with Crippen molar-refractivity contribution in [2.45, 2.75) is 13.0 Å². The molecule has 3 aromatic carbocycles. The summed E-state index contributed by atoms with van der Waals surface area (Å²) in [4.78, 5) is 34.6. The summed E-state index contributed by atoms with van der Waals surface area (Å²) in [5, 5.41) is 39.3. The van der Waals surface area contributed by atoms with Gasteiger partial charge in [0.1, 0.15) is 0 Å². The fraction of sp³-hybridized carbons (Fsp3) is 0.0833. The van der Waals surface area contributed by atoms with Gasteiger partial charge in [0.15, 0.2) is 0 Å². The largest absolute Gasteiger partial charge is 0.494 e. The zero-order chi connectivity index (χ0) is 24.2. The molecule has 0 atom stereocenters. The summed E-state index contributed by atoms with van der Waals surface area (Å²) >= 11 is 0. The number of hydrogen-bond acceptors (Lipinski definition) is 6. The van der Waals surface area contributed by atoms with Crippen LogP contribution in [0, 0.1) is 10.1 Å². The minimum absolute atomic E-state index is 0.0376. The van der Waals surface area contributed by atoms with Crippen molar-refractivity contribution < 1.29 is 24.7 Å². The van der Waals surface area contributed by atoms with Gasteiger partial charge in [0.05, 0.1) is 4.92 Å². The summed E-state index contributed by atoms with van der Waals surface area (Å²) < 4.78 is 1.35. The molecule has 2 amide bonds. The number of benzene rings is 3. The second kappa shape index (κ2) is 9.33. The van der Waals surface area contributed by atoms with Gasteiger partial charge >= 0.3 is 0 Å². The normalized spacial score (nSPS) is 11.2. The molecule has 0 aliphatic carbocycles.